The van der Waals surface area contributed by atoms with E-state index in [1.165, 1.54) is 17.8 Å². The first-order valence-corrected chi connectivity index (χ1v) is 9.25. The second-order valence-electron chi connectivity index (χ2n) is 7.91. The summed E-state index contributed by atoms with van der Waals surface area (Å²) < 4.78 is 1.09. The molecule has 0 saturated heterocycles. The Morgan fingerprint density at radius 1 is 1.22 bits per heavy atom. The number of hydrogen-bond acceptors (Lipinski definition) is 4. The van der Waals surface area contributed by atoms with Crippen molar-refractivity contribution in [2.45, 2.75) is 44.1 Å². The van der Waals surface area contributed by atoms with Crippen molar-refractivity contribution >= 4 is 32.6 Å². The zero-order chi connectivity index (χ0) is 15.7. The first kappa shape index (κ1) is 13.9. The first-order chi connectivity index (χ1) is 11.0. The van der Waals surface area contributed by atoms with Gasteiger partial charge in [-0.3, -0.25) is 4.79 Å². The van der Waals surface area contributed by atoms with Crippen molar-refractivity contribution in [1.29, 1.82) is 0 Å². The van der Waals surface area contributed by atoms with E-state index in [9.17, 15) is 9.90 Å². The molecule has 2 aromatic rings. The van der Waals surface area contributed by atoms with Crippen LogP contribution in [0, 0.1) is 17.3 Å². The topological polar surface area (TPSA) is 62.2 Å². The zero-order valence-electron chi connectivity index (χ0n) is 12.9. The van der Waals surface area contributed by atoms with E-state index in [1.54, 1.807) is 0 Å². The summed E-state index contributed by atoms with van der Waals surface area (Å²) >= 11 is 1.52. The highest BCUT2D eigenvalue weighted by Gasteiger charge is 2.60. The predicted molar refractivity (Wildman–Crippen MR) is 90.3 cm³/mol. The Balaban J connectivity index is 1.44. The molecule has 1 aromatic carbocycles. The molecule has 4 fully saturated rings. The second-order valence-corrected chi connectivity index (χ2v) is 8.94. The zero-order valence-corrected chi connectivity index (χ0v) is 13.7. The molecule has 0 radical (unpaired) electrons. The minimum atomic E-state index is -0.602. The van der Waals surface area contributed by atoms with E-state index in [1.807, 2.05) is 24.3 Å². The largest absolute Gasteiger partial charge is 0.390 e. The molecule has 4 nitrogen and oxygen atoms in total. The van der Waals surface area contributed by atoms with Crippen LogP contribution in [0.2, 0.25) is 0 Å². The van der Waals surface area contributed by atoms with Crippen molar-refractivity contribution in [1.82, 2.24) is 4.98 Å². The summed E-state index contributed by atoms with van der Waals surface area (Å²) in [5.41, 5.74) is -0.0527. The molecule has 6 rings (SSSR count). The SMILES string of the molecule is O=C(Nc1nc2ccccc2s1)C12CC3CC(CC(O)(C3)C1)C2. The maximum absolute atomic E-state index is 13.0. The Morgan fingerprint density at radius 2 is 1.96 bits per heavy atom. The van der Waals surface area contributed by atoms with Gasteiger partial charge < -0.3 is 10.4 Å². The number of nitrogens with zero attached hydrogens (tertiary/aromatic N) is 1. The van der Waals surface area contributed by atoms with Gasteiger partial charge in [0.15, 0.2) is 5.13 Å². The monoisotopic (exact) mass is 328 g/mol. The molecule has 0 aliphatic heterocycles. The average molecular weight is 328 g/mol. The van der Waals surface area contributed by atoms with Crippen molar-refractivity contribution in [2.24, 2.45) is 17.3 Å². The van der Waals surface area contributed by atoms with E-state index in [0.717, 1.165) is 35.9 Å². The number of aromatic nitrogens is 1. The van der Waals surface area contributed by atoms with Gasteiger partial charge in [0.25, 0.3) is 0 Å². The number of benzene rings is 1. The van der Waals surface area contributed by atoms with Crippen LogP contribution in [0.3, 0.4) is 0 Å². The lowest BCUT2D eigenvalue weighted by Gasteiger charge is -2.59. The van der Waals surface area contributed by atoms with Crippen LogP contribution in [0.25, 0.3) is 10.2 Å². The molecular formula is C18H20N2O2S. The second kappa shape index (κ2) is 4.54. The van der Waals surface area contributed by atoms with Crippen LogP contribution < -0.4 is 5.32 Å². The maximum atomic E-state index is 13.0. The van der Waals surface area contributed by atoms with E-state index < -0.39 is 5.60 Å². The van der Waals surface area contributed by atoms with Crippen molar-refractivity contribution in [2.75, 3.05) is 5.32 Å². The fraction of sp³-hybridized carbons (Fsp3) is 0.556. The standard InChI is InChI=1S/C18H20N2O2S/c21-15(20-16-19-13-3-1-2-4-14(13)23-16)17-6-11-5-12(7-17)9-18(22,8-11)10-17/h1-4,11-12,22H,5-10H2,(H,19,20,21). The van der Waals surface area contributed by atoms with E-state index in [-0.39, 0.29) is 11.3 Å². The number of thiazole rings is 1. The Bertz CT molecular complexity index is 752. The third-order valence-electron chi connectivity index (χ3n) is 6.03. The molecule has 2 unspecified atom stereocenters. The summed E-state index contributed by atoms with van der Waals surface area (Å²) in [6.07, 6.45) is 5.46. The molecule has 4 bridgehead atoms. The number of aliphatic hydroxyl groups is 1. The van der Waals surface area contributed by atoms with E-state index >= 15 is 0 Å². The molecular weight excluding hydrogens is 308 g/mol. The maximum Gasteiger partial charge on any atom is 0.232 e. The quantitative estimate of drug-likeness (QED) is 0.886. The number of carbonyl (C=O) groups is 1. The third-order valence-corrected chi connectivity index (χ3v) is 6.98. The third kappa shape index (κ3) is 2.13. The summed E-state index contributed by atoms with van der Waals surface area (Å²) in [6, 6.07) is 7.94. The molecule has 2 N–H and O–H groups in total. The van der Waals surface area contributed by atoms with Crippen LogP contribution in [-0.2, 0) is 4.79 Å². The van der Waals surface area contributed by atoms with Gasteiger partial charge in [-0.15, -0.1) is 0 Å². The number of hydrogen-bond donors (Lipinski definition) is 2. The van der Waals surface area contributed by atoms with Gasteiger partial charge in [0.2, 0.25) is 5.91 Å². The van der Waals surface area contributed by atoms with Gasteiger partial charge in [0.05, 0.1) is 21.2 Å². The fourth-order valence-electron chi connectivity index (χ4n) is 5.64. The molecule has 1 aromatic heterocycles. The number of para-hydroxylation sites is 1. The van der Waals surface area contributed by atoms with Crippen molar-refractivity contribution in [3.63, 3.8) is 0 Å². The molecule has 4 saturated carbocycles. The number of anilines is 1. The molecule has 4 aliphatic carbocycles. The number of amides is 1. The van der Waals surface area contributed by atoms with Crippen LogP contribution >= 0.6 is 11.3 Å². The normalized spacial score (nSPS) is 38.1. The summed E-state index contributed by atoms with van der Waals surface area (Å²) in [7, 11) is 0. The molecule has 5 heteroatoms. The minimum Gasteiger partial charge on any atom is -0.390 e. The summed E-state index contributed by atoms with van der Waals surface area (Å²) in [4.78, 5) is 17.6. The molecule has 4 aliphatic rings. The Hall–Kier alpha value is -1.46. The molecule has 23 heavy (non-hydrogen) atoms. The number of rotatable bonds is 2. The van der Waals surface area contributed by atoms with Crippen LogP contribution in [0.1, 0.15) is 38.5 Å². The first-order valence-electron chi connectivity index (χ1n) is 8.43. The van der Waals surface area contributed by atoms with Crippen molar-refractivity contribution < 1.29 is 9.90 Å². The lowest BCUT2D eigenvalue weighted by Crippen LogP contribution is -2.59. The molecule has 120 valence electrons. The highest BCUT2D eigenvalue weighted by atomic mass is 32.1. The highest BCUT2D eigenvalue weighted by Crippen LogP contribution is 2.61. The van der Waals surface area contributed by atoms with Crippen LogP contribution in [0.15, 0.2) is 24.3 Å². The van der Waals surface area contributed by atoms with E-state index in [4.69, 9.17) is 0 Å². The van der Waals surface area contributed by atoms with Gasteiger partial charge in [-0.1, -0.05) is 23.5 Å². The summed E-state index contributed by atoms with van der Waals surface area (Å²) in [5.74, 6) is 1.11. The number of fused-ring (bicyclic) bond motifs is 1. The predicted octanol–water partition coefficient (Wildman–Crippen LogP) is 3.57. The van der Waals surface area contributed by atoms with Gasteiger partial charge in [-0.2, -0.15) is 0 Å². The molecule has 2 atom stereocenters. The van der Waals surface area contributed by atoms with Crippen molar-refractivity contribution in [3.8, 4) is 0 Å². The highest BCUT2D eigenvalue weighted by molar-refractivity contribution is 7.22. The molecule has 1 amide bonds. The Kier molecular flexibility index (Phi) is 2.75. The van der Waals surface area contributed by atoms with Crippen LogP contribution in [0.5, 0.6) is 0 Å². The van der Waals surface area contributed by atoms with Crippen molar-refractivity contribution in [3.05, 3.63) is 24.3 Å². The Morgan fingerprint density at radius 3 is 2.65 bits per heavy atom. The average Bonchev–Trinajstić information content (AvgIpc) is 2.86. The summed E-state index contributed by atoms with van der Waals surface area (Å²) in [5, 5.41) is 14.5. The van der Waals surface area contributed by atoms with Gasteiger partial charge in [0.1, 0.15) is 0 Å². The van der Waals surface area contributed by atoms with Gasteiger partial charge in [-0.25, -0.2) is 4.98 Å². The molecule has 0 spiro atoms. The lowest BCUT2D eigenvalue weighted by atomic mass is 9.47. The lowest BCUT2D eigenvalue weighted by molar-refractivity contribution is -0.174. The Labute approximate surface area is 138 Å². The number of nitrogens with one attached hydrogen (secondary N) is 1. The number of carbonyl (C=O) groups excluding carboxylic acids is 1. The fourth-order valence-corrected chi connectivity index (χ4v) is 6.50. The molecule has 1 heterocycles. The minimum absolute atomic E-state index is 0.0732. The van der Waals surface area contributed by atoms with Crippen LogP contribution in [-0.4, -0.2) is 21.6 Å². The van der Waals surface area contributed by atoms with Gasteiger partial charge >= 0.3 is 0 Å². The smallest absolute Gasteiger partial charge is 0.232 e. The van der Waals surface area contributed by atoms with Gasteiger partial charge in [-0.05, 0) is 62.5 Å². The van der Waals surface area contributed by atoms with Gasteiger partial charge in [0, 0.05) is 0 Å². The van der Waals surface area contributed by atoms with E-state index in [2.05, 4.69) is 10.3 Å². The summed E-state index contributed by atoms with van der Waals surface area (Å²) in [6.45, 7) is 0. The van der Waals surface area contributed by atoms with Crippen LogP contribution in [0.4, 0.5) is 5.13 Å². The van der Waals surface area contributed by atoms with E-state index in [0.29, 0.717) is 23.4 Å².